The Morgan fingerprint density at radius 1 is 1.00 bits per heavy atom. The molecule has 0 fully saturated rings. The summed E-state index contributed by atoms with van der Waals surface area (Å²) < 4.78 is 27.2. The van der Waals surface area contributed by atoms with Crippen LogP contribution in [-0.4, -0.2) is 5.78 Å². The second kappa shape index (κ2) is 10.6. The fourth-order valence-electron chi connectivity index (χ4n) is 5.78. The van der Waals surface area contributed by atoms with Gasteiger partial charge in [-0.05, 0) is 96.5 Å². The van der Waals surface area contributed by atoms with Gasteiger partial charge < -0.3 is 5.73 Å². The van der Waals surface area contributed by atoms with Crippen molar-refractivity contribution < 1.29 is 13.6 Å². The molecule has 1 heterocycles. The van der Waals surface area contributed by atoms with E-state index >= 15 is 0 Å². The zero-order valence-electron chi connectivity index (χ0n) is 23.0. The van der Waals surface area contributed by atoms with E-state index in [1.165, 1.54) is 24.3 Å². The van der Waals surface area contributed by atoms with E-state index in [9.17, 15) is 18.8 Å². The summed E-state index contributed by atoms with van der Waals surface area (Å²) in [5, 5.41) is 10.4. The average molecular weight is 556 g/mol. The van der Waals surface area contributed by atoms with Gasteiger partial charge in [-0.15, -0.1) is 11.8 Å². The molecular weight excluding hydrogens is 524 g/mol. The van der Waals surface area contributed by atoms with Gasteiger partial charge in [-0.2, -0.15) is 5.26 Å². The molecule has 3 aromatic rings. The molecule has 40 heavy (non-hydrogen) atoms. The van der Waals surface area contributed by atoms with E-state index in [0.29, 0.717) is 35.4 Å². The number of thioether (sulfide) groups is 1. The molecule has 1 unspecified atom stereocenters. The van der Waals surface area contributed by atoms with Crippen LogP contribution in [0.4, 0.5) is 14.5 Å². The molecule has 1 aliphatic carbocycles. The number of aryl methyl sites for hydroxylation is 2. The Bertz CT molecular complexity index is 1600. The number of halogens is 2. The largest absolute Gasteiger partial charge is 0.384 e. The fourth-order valence-corrected chi connectivity index (χ4v) is 6.74. The first kappa shape index (κ1) is 27.7. The van der Waals surface area contributed by atoms with Gasteiger partial charge in [-0.25, -0.2) is 8.78 Å². The number of anilines is 1. The Hall–Kier alpha value is -3.89. The van der Waals surface area contributed by atoms with E-state index in [1.807, 2.05) is 27.7 Å². The third-order valence-corrected chi connectivity index (χ3v) is 8.77. The van der Waals surface area contributed by atoms with Gasteiger partial charge in [-0.3, -0.25) is 9.69 Å². The maximum Gasteiger partial charge on any atom is 0.162 e. The monoisotopic (exact) mass is 555 g/mol. The molecular formula is C33H31F2N3OS. The van der Waals surface area contributed by atoms with Crippen molar-refractivity contribution in [3.8, 4) is 6.07 Å². The number of carbonyl (C=O) groups excluding carboxylic acids is 1. The topological polar surface area (TPSA) is 70.1 Å². The number of hydrogen-bond acceptors (Lipinski definition) is 5. The van der Waals surface area contributed by atoms with Crippen molar-refractivity contribution in [3.05, 3.63) is 117 Å². The molecule has 0 aromatic heterocycles. The summed E-state index contributed by atoms with van der Waals surface area (Å²) in [6.45, 7) is 8.14. The molecule has 2 aliphatic rings. The lowest BCUT2D eigenvalue weighted by Crippen LogP contribution is -2.42. The SMILES string of the molecule is Cc1cc(C)c(C2C(C#N)=C(N)N(c3ccc(F)cc3)C3=C2C(=O)CC(C)(C)C3)cc1CSc1ccc(F)cc1. The van der Waals surface area contributed by atoms with Gasteiger partial charge in [0, 0.05) is 34.0 Å². The summed E-state index contributed by atoms with van der Waals surface area (Å²) in [6.07, 6.45) is 0.940. The quantitative estimate of drug-likeness (QED) is 0.325. The first-order valence-electron chi connectivity index (χ1n) is 13.2. The van der Waals surface area contributed by atoms with Gasteiger partial charge in [-0.1, -0.05) is 26.0 Å². The standard InChI is InChI=1S/C33H31F2N3OS/c1-19-13-20(2)26(14-21(19)18-40-25-11-7-23(35)8-12-25)30-27(17-36)32(37)38(24-9-5-22(34)6-10-24)28-15-33(3,4)16-29(39)31(28)30/h5-14,30H,15-16,18,37H2,1-4H3. The van der Waals surface area contributed by atoms with Gasteiger partial charge in [0.25, 0.3) is 0 Å². The Balaban J connectivity index is 1.65. The lowest BCUT2D eigenvalue weighted by Gasteiger charge is -2.44. The van der Waals surface area contributed by atoms with Crippen molar-refractivity contribution in [2.45, 2.75) is 57.1 Å². The molecule has 2 N–H and O–H groups in total. The highest BCUT2D eigenvalue weighted by Crippen LogP contribution is 2.51. The molecule has 0 spiro atoms. The van der Waals surface area contributed by atoms with Gasteiger partial charge in [0.05, 0.1) is 17.6 Å². The first-order chi connectivity index (χ1) is 19.0. The van der Waals surface area contributed by atoms with Crippen LogP contribution in [0.1, 0.15) is 54.9 Å². The minimum absolute atomic E-state index is 0.00850. The van der Waals surface area contributed by atoms with E-state index in [0.717, 1.165) is 32.8 Å². The van der Waals surface area contributed by atoms with Gasteiger partial charge in [0.2, 0.25) is 0 Å². The van der Waals surface area contributed by atoms with Crippen LogP contribution < -0.4 is 10.6 Å². The molecule has 0 bridgehead atoms. The summed E-state index contributed by atoms with van der Waals surface area (Å²) in [6, 6.07) is 18.9. The van der Waals surface area contributed by atoms with Crippen LogP contribution >= 0.6 is 11.8 Å². The molecule has 0 saturated carbocycles. The molecule has 7 heteroatoms. The molecule has 0 radical (unpaired) electrons. The van der Waals surface area contributed by atoms with Crippen LogP contribution in [-0.2, 0) is 10.5 Å². The van der Waals surface area contributed by atoms with Crippen LogP contribution in [0.15, 0.2) is 88.2 Å². The molecule has 1 aliphatic heterocycles. The number of allylic oxidation sites excluding steroid dienone is 3. The van der Waals surface area contributed by atoms with Gasteiger partial charge in [0.15, 0.2) is 5.78 Å². The van der Waals surface area contributed by atoms with E-state index in [-0.39, 0.29) is 28.7 Å². The maximum atomic E-state index is 13.9. The van der Waals surface area contributed by atoms with Crippen molar-refractivity contribution in [1.82, 2.24) is 0 Å². The van der Waals surface area contributed by atoms with Crippen molar-refractivity contribution in [2.24, 2.45) is 11.1 Å². The molecule has 4 nitrogen and oxygen atoms in total. The van der Waals surface area contributed by atoms with Crippen LogP contribution in [0.25, 0.3) is 0 Å². The minimum atomic E-state index is -0.601. The second-order valence-corrected chi connectivity index (χ2v) is 12.4. The number of carbonyl (C=O) groups is 1. The van der Waals surface area contributed by atoms with E-state index in [2.05, 4.69) is 18.2 Å². The number of benzene rings is 3. The maximum absolute atomic E-state index is 13.9. The third-order valence-electron chi connectivity index (χ3n) is 7.71. The summed E-state index contributed by atoms with van der Waals surface area (Å²) in [4.78, 5) is 16.6. The molecule has 0 amide bonds. The molecule has 3 aromatic carbocycles. The number of hydrogen-bond donors (Lipinski definition) is 1. The number of ketones is 1. The third kappa shape index (κ3) is 5.16. The summed E-state index contributed by atoms with van der Waals surface area (Å²) in [7, 11) is 0. The molecule has 204 valence electrons. The number of nitrogens with two attached hydrogens (primary N) is 1. The normalized spacial score (nSPS) is 18.6. The summed E-state index contributed by atoms with van der Waals surface area (Å²) in [5.74, 6) is -0.361. The number of nitriles is 1. The van der Waals surface area contributed by atoms with Crippen LogP contribution in [0.2, 0.25) is 0 Å². The minimum Gasteiger partial charge on any atom is -0.384 e. The smallest absolute Gasteiger partial charge is 0.162 e. The van der Waals surface area contributed by atoms with Crippen LogP contribution in [0, 0.1) is 42.2 Å². The van der Waals surface area contributed by atoms with Crippen molar-refractivity contribution in [2.75, 3.05) is 4.90 Å². The number of Topliss-reactive ketones (excluding diaryl/α,β-unsaturated/α-hetero) is 1. The van der Waals surface area contributed by atoms with E-state index in [4.69, 9.17) is 5.73 Å². The lowest BCUT2D eigenvalue weighted by molar-refractivity contribution is -0.118. The number of rotatable bonds is 5. The van der Waals surface area contributed by atoms with E-state index in [1.54, 1.807) is 40.9 Å². The highest BCUT2D eigenvalue weighted by molar-refractivity contribution is 7.98. The van der Waals surface area contributed by atoms with Crippen molar-refractivity contribution in [1.29, 1.82) is 5.26 Å². The van der Waals surface area contributed by atoms with Crippen LogP contribution in [0.3, 0.4) is 0 Å². The molecule has 1 atom stereocenters. The fraction of sp³-hybridized carbons (Fsp3) is 0.273. The molecule has 0 saturated heterocycles. The Kier molecular flexibility index (Phi) is 7.32. The van der Waals surface area contributed by atoms with Crippen molar-refractivity contribution in [3.63, 3.8) is 0 Å². The van der Waals surface area contributed by atoms with Crippen molar-refractivity contribution >= 4 is 23.2 Å². The zero-order valence-corrected chi connectivity index (χ0v) is 23.8. The highest BCUT2D eigenvalue weighted by atomic mass is 32.2. The predicted molar refractivity (Wildman–Crippen MR) is 155 cm³/mol. The average Bonchev–Trinajstić information content (AvgIpc) is 2.89. The zero-order chi connectivity index (χ0) is 28.8. The van der Waals surface area contributed by atoms with Crippen LogP contribution in [0.5, 0.6) is 0 Å². The Labute approximate surface area is 238 Å². The second-order valence-electron chi connectivity index (χ2n) is 11.3. The highest BCUT2D eigenvalue weighted by Gasteiger charge is 2.45. The van der Waals surface area contributed by atoms with E-state index < -0.39 is 5.92 Å². The Morgan fingerprint density at radius 2 is 1.62 bits per heavy atom. The number of nitrogens with zero attached hydrogens (tertiary/aromatic N) is 2. The first-order valence-corrected chi connectivity index (χ1v) is 14.2. The lowest BCUT2D eigenvalue weighted by atomic mass is 9.68. The summed E-state index contributed by atoms with van der Waals surface area (Å²) in [5.41, 5.74) is 12.7. The Morgan fingerprint density at radius 3 is 2.25 bits per heavy atom. The predicted octanol–water partition coefficient (Wildman–Crippen LogP) is 7.81. The van der Waals surface area contributed by atoms with Gasteiger partial charge >= 0.3 is 0 Å². The van der Waals surface area contributed by atoms with Gasteiger partial charge in [0.1, 0.15) is 17.5 Å². The molecule has 5 rings (SSSR count). The summed E-state index contributed by atoms with van der Waals surface area (Å²) >= 11 is 1.60.